The highest BCUT2D eigenvalue weighted by molar-refractivity contribution is 5.33. The van der Waals surface area contributed by atoms with Crippen molar-refractivity contribution in [3.05, 3.63) is 70.8 Å². The second-order valence-corrected chi connectivity index (χ2v) is 7.00. The summed E-state index contributed by atoms with van der Waals surface area (Å²) in [5, 5.41) is 12.5. The third-order valence-corrected chi connectivity index (χ3v) is 5.13. The quantitative estimate of drug-likeness (QED) is 0.860. The molecule has 3 nitrogen and oxygen atoms in total. The van der Waals surface area contributed by atoms with E-state index in [-0.39, 0.29) is 0 Å². The molecule has 2 aromatic rings. The predicted octanol–water partition coefficient (Wildman–Crippen LogP) is 4.22. The Labute approximate surface area is 151 Å². The van der Waals surface area contributed by atoms with Gasteiger partial charge in [-0.15, -0.1) is 0 Å². The normalized spacial score (nSPS) is 18.0. The molecule has 0 aliphatic carbocycles. The van der Waals surface area contributed by atoms with Gasteiger partial charge < -0.3 is 5.32 Å². The third-order valence-electron chi connectivity index (χ3n) is 5.13. The van der Waals surface area contributed by atoms with Crippen LogP contribution in [0.1, 0.15) is 48.4 Å². The van der Waals surface area contributed by atoms with Gasteiger partial charge in [-0.1, -0.05) is 42.8 Å². The van der Waals surface area contributed by atoms with E-state index >= 15 is 0 Å². The van der Waals surface area contributed by atoms with Crippen LogP contribution in [0.5, 0.6) is 0 Å². The minimum Gasteiger partial charge on any atom is -0.309 e. The van der Waals surface area contributed by atoms with Crippen LogP contribution >= 0.6 is 0 Å². The smallest absolute Gasteiger partial charge is 0.0991 e. The minimum atomic E-state index is 0.684. The van der Waals surface area contributed by atoms with E-state index in [9.17, 15) is 0 Å². The summed E-state index contributed by atoms with van der Waals surface area (Å²) < 4.78 is 0. The van der Waals surface area contributed by atoms with Gasteiger partial charge in [-0.05, 0) is 55.1 Å². The lowest BCUT2D eigenvalue weighted by molar-refractivity contribution is 0.152. The maximum absolute atomic E-state index is 9.00. The van der Waals surface area contributed by atoms with Gasteiger partial charge >= 0.3 is 0 Å². The number of nitrogens with zero attached hydrogens (tertiary/aromatic N) is 2. The summed E-state index contributed by atoms with van der Waals surface area (Å²) in [7, 11) is 0. The SMILES string of the molecule is CC1CCCCN1Cc1ccccc1CNCc1cccc(C#N)c1. The lowest BCUT2D eigenvalue weighted by Gasteiger charge is -2.33. The van der Waals surface area contributed by atoms with Crippen LogP contribution < -0.4 is 5.32 Å². The summed E-state index contributed by atoms with van der Waals surface area (Å²) in [6.45, 7) is 6.24. The van der Waals surface area contributed by atoms with E-state index < -0.39 is 0 Å². The molecule has 0 amide bonds. The van der Waals surface area contributed by atoms with Crippen molar-refractivity contribution in [1.29, 1.82) is 5.26 Å². The Balaban J connectivity index is 1.60. The van der Waals surface area contributed by atoms with Crippen molar-refractivity contribution >= 4 is 0 Å². The molecule has 1 atom stereocenters. The van der Waals surface area contributed by atoms with Crippen molar-refractivity contribution < 1.29 is 0 Å². The Bertz CT molecular complexity index is 732. The summed E-state index contributed by atoms with van der Waals surface area (Å²) in [6.07, 6.45) is 4.00. The zero-order valence-electron chi connectivity index (χ0n) is 15.0. The lowest BCUT2D eigenvalue weighted by Crippen LogP contribution is -2.37. The Morgan fingerprint density at radius 3 is 2.72 bits per heavy atom. The number of hydrogen-bond acceptors (Lipinski definition) is 3. The van der Waals surface area contributed by atoms with Crippen molar-refractivity contribution in [1.82, 2.24) is 10.2 Å². The van der Waals surface area contributed by atoms with Crippen LogP contribution in [0.25, 0.3) is 0 Å². The number of nitriles is 1. The fraction of sp³-hybridized carbons (Fsp3) is 0.409. The molecule has 1 unspecified atom stereocenters. The zero-order chi connectivity index (χ0) is 17.5. The van der Waals surface area contributed by atoms with E-state index in [0.29, 0.717) is 6.04 Å². The number of likely N-dealkylation sites (tertiary alicyclic amines) is 1. The van der Waals surface area contributed by atoms with Crippen LogP contribution in [0.4, 0.5) is 0 Å². The summed E-state index contributed by atoms with van der Waals surface area (Å²) in [5.41, 5.74) is 4.67. The molecule has 3 rings (SSSR count). The molecular formula is C22H27N3. The average molecular weight is 333 g/mol. The summed E-state index contributed by atoms with van der Waals surface area (Å²) >= 11 is 0. The first-order chi connectivity index (χ1) is 12.3. The van der Waals surface area contributed by atoms with Crippen molar-refractivity contribution in [2.45, 2.75) is 51.9 Å². The van der Waals surface area contributed by atoms with Crippen molar-refractivity contribution in [3.63, 3.8) is 0 Å². The molecule has 1 aliphatic rings. The Hall–Kier alpha value is -2.15. The monoisotopic (exact) mass is 333 g/mol. The molecular weight excluding hydrogens is 306 g/mol. The molecule has 25 heavy (non-hydrogen) atoms. The van der Waals surface area contributed by atoms with Crippen LogP contribution in [0, 0.1) is 11.3 Å². The van der Waals surface area contributed by atoms with E-state index in [1.165, 1.54) is 36.9 Å². The fourth-order valence-corrected chi connectivity index (χ4v) is 3.59. The van der Waals surface area contributed by atoms with E-state index in [4.69, 9.17) is 5.26 Å². The molecule has 1 aliphatic heterocycles. The van der Waals surface area contributed by atoms with Crippen LogP contribution in [0.15, 0.2) is 48.5 Å². The summed E-state index contributed by atoms with van der Waals surface area (Å²) in [6, 6.07) is 19.4. The standard InChI is InChI=1S/C22H27N3/c1-18-7-4-5-12-25(18)17-22-11-3-2-10-21(22)16-24-15-20-9-6-8-19(13-20)14-23/h2-3,6,8-11,13,18,24H,4-5,7,12,15-17H2,1H3. The lowest BCUT2D eigenvalue weighted by atomic mass is 10.0. The number of rotatable bonds is 6. The minimum absolute atomic E-state index is 0.684. The van der Waals surface area contributed by atoms with Crippen LogP contribution in [0.2, 0.25) is 0 Å². The number of nitrogens with one attached hydrogen (secondary N) is 1. The molecule has 2 aromatic carbocycles. The zero-order valence-corrected chi connectivity index (χ0v) is 15.0. The van der Waals surface area contributed by atoms with Gasteiger partial charge in [0.25, 0.3) is 0 Å². The van der Waals surface area contributed by atoms with Gasteiger partial charge in [0, 0.05) is 25.7 Å². The van der Waals surface area contributed by atoms with Gasteiger partial charge in [-0.2, -0.15) is 5.26 Å². The highest BCUT2D eigenvalue weighted by atomic mass is 15.2. The topological polar surface area (TPSA) is 39.1 Å². The number of hydrogen-bond donors (Lipinski definition) is 1. The average Bonchev–Trinajstić information content (AvgIpc) is 2.65. The fourth-order valence-electron chi connectivity index (χ4n) is 3.59. The predicted molar refractivity (Wildman–Crippen MR) is 102 cm³/mol. The van der Waals surface area contributed by atoms with Crippen molar-refractivity contribution in [2.75, 3.05) is 6.54 Å². The highest BCUT2D eigenvalue weighted by Crippen LogP contribution is 2.20. The van der Waals surface area contributed by atoms with E-state index in [2.05, 4.69) is 53.5 Å². The Kier molecular flexibility index (Phi) is 6.22. The van der Waals surface area contributed by atoms with Crippen LogP contribution in [-0.4, -0.2) is 17.5 Å². The molecule has 3 heteroatoms. The van der Waals surface area contributed by atoms with Gasteiger partial charge in [-0.3, -0.25) is 4.90 Å². The van der Waals surface area contributed by atoms with E-state index in [1.54, 1.807) is 0 Å². The molecule has 0 bridgehead atoms. The molecule has 1 N–H and O–H groups in total. The van der Waals surface area contributed by atoms with Gasteiger partial charge in [0.2, 0.25) is 0 Å². The first-order valence-corrected chi connectivity index (χ1v) is 9.27. The second-order valence-electron chi connectivity index (χ2n) is 7.00. The maximum Gasteiger partial charge on any atom is 0.0991 e. The number of benzene rings is 2. The molecule has 0 spiro atoms. The van der Waals surface area contributed by atoms with Gasteiger partial charge in [-0.25, -0.2) is 0 Å². The number of piperidine rings is 1. The Morgan fingerprint density at radius 1 is 1.08 bits per heavy atom. The molecule has 1 heterocycles. The first kappa shape index (κ1) is 17.7. The molecule has 0 radical (unpaired) electrons. The second kappa shape index (κ2) is 8.80. The van der Waals surface area contributed by atoms with Crippen molar-refractivity contribution in [2.24, 2.45) is 0 Å². The van der Waals surface area contributed by atoms with Gasteiger partial charge in [0.1, 0.15) is 0 Å². The molecule has 130 valence electrons. The molecule has 1 saturated heterocycles. The molecule has 1 fully saturated rings. The van der Waals surface area contributed by atoms with Crippen LogP contribution in [-0.2, 0) is 19.6 Å². The Morgan fingerprint density at radius 2 is 1.92 bits per heavy atom. The maximum atomic E-state index is 9.00. The molecule has 0 aromatic heterocycles. The van der Waals surface area contributed by atoms with Gasteiger partial charge in [0.15, 0.2) is 0 Å². The van der Waals surface area contributed by atoms with E-state index in [0.717, 1.165) is 30.8 Å². The van der Waals surface area contributed by atoms with Crippen LogP contribution in [0.3, 0.4) is 0 Å². The summed E-state index contributed by atoms with van der Waals surface area (Å²) in [5.74, 6) is 0. The molecule has 0 saturated carbocycles. The largest absolute Gasteiger partial charge is 0.309 e. The summed E-state index contributed by atoms with van der Waals surface area (Å²) in [4.78, 5) is 2.61. The van der Waals surface area contributed by atoms with Gasteiger partial charge in [0.05, 0.1) is 11.6 Å². The van der Waals surface area contributed by atoms with E-state index in [1.807, 2.05) is 18.2 Å². The van der Waals surface area contributed by atoms with Crippen molar-refractivity contribution in [3.8, 4) is 6.07 Å². The first-order valence-electron chi connectivity index (χ1n) is 9.27. The highest BCUT2D eigenvalue weighted by Gasteiger charge is 2.18. The third kappa shape index (κ3) is 4.92.